The fourth-order valence-electron chi connectivity index (χ4n) is 7.09. The number of nitrogens with one attached hydrogen (secondary N) is 1. The average molecular weight is 676 g/mol. The minimum Gasteiger partial charge on any atom is -0.872 e. The van der Waals surface area contributed by atoms with Crippen LogP contribution < -0.4 is 29.0 Å². The fourth-order valence-corrected chi connectivity index (χ4v) is 7.09. The molecule has 244 valence electrons. The van der Waals surface area contributed by atoms with Gasteiger partial charge >= 0.3 is 18.9 Å². The second kappa shape index (κ2) is 13.2. The summed E-state index contributed by atoms with van der Waals surface area (Å²) in [6.45, 7) is 0. The van der Waals surface area contributed by atoms with E-state index >= 15 is 0 Å². The standard InChI is InChI=1S/C45H28N6O.Li/c52-40-17-9-6-14-35(40)36-26-22-28-18-19-29-23-27-37(47-42(29)41(28)46-36)45-49-43(30-10-2-1-3-11-30)48-44(50-45)31-20-24-32(25-21-31)51-38-15-7-4-12-33(38)34-13-5-8-16-39(34)51;/h1-27,52H;/q;+1. The minimum atomic E-state index is -0.0405. The van der Waals surface area contributed by atoms with Crippen LogP contribution in [-0.4, -0.2) is 24.5 Å². The Morgan fingerprint density at radius 3 is 1.75 bits per heavy atom. The minimum absolute atomic E-state index is 0. The number of para-hydroxylation sites is 3. The largest absolute Gasteiger partial charge is 1.00 e. The molecule has 4 heterocycles. The number of benzene rings is 6. The first kappa shape index (κ1) is 32.3. The number of aromatic nitrogens is 6. The molecule has 0 unspecified atom stereocenters. The van der Waals surface area contributed by atoms with E-state index in [9.17, 15) is 5.11 Å². The first-order valence-corrected chi connectivity index (χ1v) is 17.1. The summed E-state index contributed by atoms with van der Waals surface area (Å²) < 4.78 is 2.30. The van der Waals surface area contributed by atoms with Gasteiger partial charge in [0.1, 0.15) is 11.2 Å². The molecule has 1 N–H and O–H groups in total. The van der Waals surface area contributed by atoms with Gasteiger partial charge < -0.3 is 9.67 Å². The molecule has 0 saturated heterocycles. The summed E-state index contributed by atoms with van der Waals surface area (Å²) >= 11 is 0. The third-order valence-corrected chi connectivity index (χ3v) is 9.62. The molecule has 0 saturated carbocycles. The number of hydrogen-bond donors (Lipinski definition) is 0. The first-order chi connectivity index (χ1) is 25.7. The molecular formula is C45H28LiN6O+. The van der Waals surface area contributed by atoms with Gasteiger partial charge in [-0.25, -0.2) is 24.9 Å². The van der Waals surface area contributed by atoms with Crippen molar-refractivity contribution < 1.29 is 29.0 Å². The van der Waals surface area contributed by atoms with Crippen LogP contribution in [-0.2, 0) is 0 Å². The third kappa shape index (κ3) is 5.60. The number of nitrogens with zero attached hydrogens (tertiary/aromatic N) is 5. The Labute approximate surface area is 316 Å². The quantitative estimate of drug-likeness (QED) is 0.159. The molecule has 10 rings (SSSR count). The summed E-state index contributed by atoms with van der Waals surface area (Å²) in [5.41, 5.74) is 8.66. The van der Waals surface area contributed by atoms with Crippen LogP contribution in [0.5, 0.6) is 5.75 Å². The van der Waals surface area contributed by atoms with Crippen LogP contribution in [0.25, 0.3) is 94.9 Å². The Hall–Kier alpha value is -6.65. The van der Waals surface area contributed by atoms with E-state index in [0.717, 1.165) is 55.3 Å². The Morgan fingerprint density at radius 2 is 1.04 bits per heavy atom. The molecule has 53 heavy (non-hydrogen) atoms. The number of rotatable bonds is 5. The molecule has 0 aliphatic carbocycles. The van der Waals surface area contributed by atoms with Gasteiger partial charge in [0.15, 0.2) is 17.5 Å². The van der Waals surface area contributed by atoms with Crippen LogP contribution in [0.3, 0.4) is 0 Å². The van der Waals surface area contributed by atoms with Gasteiger partial charge in [-0.15, -0.1) is 0 Å². The van der Waals surface area contributed by atoms with Crippen molar-refractivity contribution in [3.8, 4) is 57.0 Å². The maximum atomic E-state index is 12.7. The molecule has 0 radical (unpaired) electrons. The predicted molar refractivity (Wildman–Crippen MR) is 205 cm³/mol. The molecule has 7 nitrogen and oxygen atoms in total. The summed E-state index contributed by atoms with van der Waals surface area (Å²) in [5, 5.41) is 17.1. The zero-order valence-corrected chi connectivity index (χ0v) is 28.7. The topological polar surface area (TPSA) is 93.7 Å². The van der Waals surface area contributed by atoms with Crippen LogP contribution in [0.1, 0.15) is 0 Å². The Balaban J connectivity index is 0.00000372. The monoisotopic (exact) mass is 675 g/mol. The van der Waals surface area contributed by atoms with Crippen molar-refractivity contribution in [2.75, 3.05) is 0 Å². The Bertz CT molecular complexity index is 2930. The molecule has 8 heteroatoms. The van der Waals surface area contributed by atoms with Gasteiger partial charge in [0.25, 0.3) is 0 Å². The summed E-state index contributed by atoms with van der Waals surface area (Å²) in [6.07, 6.45) is 0. The summed E-state index contributed by atoms with van der Waals surface area (Å²) in [4.78, 5) is 23.6. The summed E-state index contributed by atoms with van der Waals surface area (Å²) in [7, 11) is 0. The van der Waals surface area contributed by atoms with Crippen LogP contribution in [0.15, 0.2) is 164 Å². The van der Waals surface area contributed by atoms with Gasteiger partial charge in [-0.2, -0.15) is 0 Å². The van der Waals surface area contributed by atoms with Crippen LogP contribution in [0, 0.1) is 0 Å². The maximum Gasteiger partial charge on any atom is 1.00 e. The smallest absolute Gasteiger partial charge is 0.872 e. The first-order valence-electron chi connectivity index (χ1n) is 17.1. The second-order valence-electron chi connectivity index (χ2n) is 12.8. The molecule has 0 fully saturated rings. The number of aromatic amines is 1. The van der Waals surface area contributed by atoms with E-state index in [1.807, 2.05) is 66.7 Å². The molecule has 0 aliphatic heterocycles. The van der Waals surface area contributed by atoms with Crippen molar-refractivity contribution in [1.82, 2.24) is 24.5 Å². The number of hydrogen-bond acceptors (Lipinski definition) is 5. The van der Waals surface area contributed by atoms with Crippen molar-refractivity contribution in [2.24, 2.45) is 0 Å². The van der Waals surface area contributed by atoms with E-state index in [1.54, 1.807) is 12.1 Å². The summed E-state index contributed by atoms with van der Waals surface area (Å²) in [6, 6.07) is 54.4. The second-order valence-corrected chi connectivity index (χ2v) is 12.8. The van der Waals surface area contributed by atoms with E-state index < -0.39 is 0 Å². The molecule has 10 aromatic rings. The Morgan fingerprint density at radius 1 is 0.472 bits per heavy atom. The number of H-pyrrole nitrogens is 1. The zero-order chi connectivity index (χ0) is 34.6. The van der Waals surface area contributed by atoms with Gasteiger partial charge in [-0.05, 0) is 60.7 Å². The van der Waals surface area contributed by atoms with E-state index in [2.05, 4.69) is 94.5 Å². The SMILES string of the molecule is [Li+].[O-]c1ccccc1-c1ccc2ccc3ccc(-c4nc(-c5ccccc5)nc(-c5ccc(-n6c7ccccc7c7ccccc76)cc5)n4)nc3c2[nH+]1. The molecule has 0 spiro atoms. The van der Waals surface area contributed by atoms with Gasteiger partial charge in [-0.3, -0.25) is 0 Å². The zero-order valence-electron chi connectivity index (χ0n) is 28.7. The van der Waals surface area contributed by atoms with Crippen molar-refractivity contribution in [3.05, 3.63) is 164 Å². The Kier molecular flexibility index (Phi) is 8.01. The molecule has 0 atom stereocenters. The number of pyridine rings is 2. The van der Waals surface area contributed by atoms with Crippen LogP contribution >= 0.6 is 0 Å². The van der Waals surface area contributed by atoms with Crippen molar-refractivity contribution in [1.29, 1.82) is 0 Å². The van der Waals surface area contributed by atoms with Gasteiger partial charge in [0.2, 0.25) is 11.2 Å². The van der Waals surface area contributed by atoms with Gasteiger partial charge in [0, 0.05) is 50.0 Å². The molecular weight excluding hydrogens is 647 g/mol. The van der Waals surface area contributed by atoms with Crippen molar-refractivity contribution in [3.63, 3.8) is 0 Å². The van der Waals surface area contributed by atoms with Crippen LogP contribution in [0.2, 0.25) is 0 Å². The van der Waals surface area contributed by atoms with E-state index in [0.29, 0.717) is 28.7 Å². The van der Waals surface area contributed by atoms with Crippen LogP contribution in [0.4, 0.5) is 0 Å². The maximum absolute atomic E-state index is 12.7. The van der Waals surface area contributed by atoms with E-state index in [-0.39, 0.29) is 24.6 Å². The molecule has 4 aromatic heterocycles. The van der Waals surface area contributed by atoms with Gasteiger partial charge in [-0.1, -0.05) is 103 Å². The average Bonchev–Trinajstić information content (AvgIpc) is 3.55. The molecule has 0 aliphatic rings. The fraction of sp³-hybridized carbons (Fsp3) is 0. The molecule has 0 bridgehead atoms. The van der Waals surface area contributed by atoms with E-state index in [4.69, 9.17) is 19.9 Å². The van der Waals surface area contributed by atoms with Gasteiger partial charge in [0.05, 0.1) is 11.0 Å². The predicted octanol–water partition coefficient (Wildman–Crippen LogP) is 6.23. The molecule has 0 amide bonds. The normalized spacial score (nSPS) is 11.3. The molecule has 6 aromatic carbocycles. The number of fused-ring (bicyclic) bond motifs is 6. The summed E-state index contributed by atoms with van der Waals surface area (Å²) in [5.74, 6) is 1.54. The third-order valence-electron chi connectivity index (χ3n) is 9.62. The van der Waals surface area contributed by atoms with Crippen molar-refractivity contribution in [2.45, 2.75) is 0 Å². The van der Waals surface area contributed by atoms with E-state index in [1.165, 1.54) is 10.8 Å². The van der Waals surface area contributed by atoms with Crippen molar-refractivity contribution >= 4 is 43.6 Å².